The maximum atomic E-state index is 13.0. The minimum atomic E-state index is -3.71. The minimum Gasteiger partial charge on any atom is -0.336 e. The van der Waals surface area contributed by atoms with E-state index in [2.05, 4.69) is 36.4 Å². The van der Waals surface area contributed by atoms with E-state index in [1.807, 2.05) is 0 Å². The third kappa shape index (κ3) is 9.21. The van der Waals surface area contributed by atoms with E-state index in [-0.39, 0.29) is 17.1 Å². The van der Waals surface area contributed by atoms with Gasteiger partial charge < -0.3 is 10.6 Å². The van der Waals surface area contributed by atoms with Crippen molar-refractivity contribution in [2.75, 3.05) is 24.1 Å². The zero-order chi connectivity index (χ0) is 30.4. The number of nitrogens with one attached hydrogen (secondary N) is 4. The Morgan fingerprint density at radius 1 is 1.07 bits per heavy atom. The van der Waals surface area contributed by atoms with E-state index in [0.29, 0.717) is 16.9 Å². The fraction of sp³-hybridized carbons (Fsp3) is 0.333. The van der Waals surface area contributed by atoms with Crippen molar-refractivity contribution in [3.63, 3.8) is 0 Å². The number of hydrogen-bond donors (Lipinski definition) is 4. The summed E-state index contributed by atoms with van der Waals surface area (Å²) in [6, 6.07) is 9.45. The molecule has 0 bridgehead atoms. The van der Waals surface area contributed by atoms with Gasteiger partial charge in [0.15, 0.2) is 0 Å². The van der Waals surface area contributed by atoms with E-state index in [0.717, 1.165) is 4.31 Å². The summed E-state index contributed by atoms with van der Waals surface area (Å²) in [7, 11) is -0.940. The Hall–Kier alpha value is -4.12. The smallest absolute Gasteiger partial charge is 0.313 e. The van der Waals surface area contributed by atoms with Crippen molar-refractivity contribution in [2.24, 2.45) is 0 Å². The van der Waals surface area contributed by atoms with Crippen LogP contribution in [0.25, 0.3) is 5.69 Å². The molecule has 15 nitrogen and oxygen atoms in total. The van der Waals surface area contributed by atoms with Gasteiger partial charge in [-0.15, -0.1) is 5.10 Å². The van der Waals surface area contributed by atoms with E-state index in [1.165, 1.54) is 43.3 Å². The van der Waals surface area contributed by atoms with E-state index in [1.54, 1.807) is 45.0 Å². The van der Waals surface area contributed by atoms with Gasteiger partial charge in [0.05, 0.1) is 17.0 Å². The van der Waals surface area contributed by atoms with Crippen LogP contribution in [0, 0.1) is 0 Å². The quantitative estimate of drug-likeness (QED) is 0.193. The first-order valence-electron chi connectivity index (χ1n) is 12.1. The molecule has 0 saturated heterocycles. The van der Waals surface area contributed by atoms with Crippen LogP contribution >= 0.6 is 11.6 Å². The van der Waals surface area contributed by atoms with Crippen molar-refractivity contribution in [1.29, 1.82) is 0 Å². The fourth-order valence-electron chi connectivity index (χ4n) is 3.15. The molecule has 1 heterocycles. The molecular formula is C24H30ClN9O6S. The number of amides is 3. The summed E-state index contributed by atoms with van der Waals surface area (Å²) < 4.78 is 28.8. The number of hydroxylamine groups is 1. The van der Waals surface area contributed by atoms with Gasteiger partial charge in [0.25, 0.3) is 5.91 Å². The molecule has 3 rings (SSSR count). The highest BCUT2D eigenvalue weighted by molar-refractivity contribution is 7.90. The van der Waals surface area contributed by atoms with Gasteiger partial charge in [-0.2, -0.15) is 17.4 Å². The molecule has 1 atom stereocenters. The topological polar surface area (TPSA) is 190 Å². The monoisotopic (exact) mass is 607 g/mol. The highest BCUT2D eigenvalue weighted by Gasteiger charge is 2.27. The number of anilines is 2. The molecule has 0 radical (unpaired) electrons. The first-order chi connectivity index (χ1) is 19.1. The molecule has 1 aromatic heterocycles. The highest BCUT2D eigenvalue weighted by atomic mass is 35.5. The maximum Gasteiger partial charge on any atom is 0.313 e. The van der Waals surface area contributed by atoms with E-state index in [9.17, 15) is 22.8 Å². The molecule has 0 aliphatic rings. The second kappa shape index (κ2) is 13.0. The third-order valence-corrected chi connectivity index (χ3v) is 6.90. The van der Waals surface area contributed by atoms with Gasteiger partial charge in [0, 0.05) is 31.2 Å². The number of aromatic nitrogens is 4. The maximum absolute atomic E-state index is 13.0. The van der Waals surface area contributed by atoms with E-state index >= 15 is 0 Å². The van der Waals surface area contributed by atoms with Crippen molar-refractivity contribution < 1.29 is 27.6 Å². The second-order valence-electron chi connectivity index (χ2n) is 9.87. The molecule has 4 N–H and O–H groups in total. The van der Waals surface area contributed by atoms with Gasteiger partial charge in [0.2, 0.25) is 0 Å². The lowest BCUT2D eigenvalue weighted by atomic mass is 10.0. The van der Waals surface area contributed by atoms with E-state index in [4.69, 9.17) is 16.4 Å². The number of carbonyl (C=O) groups excluding carboxylic acids is 3. The summed E-state index contributed by atoms with van der Waals surface area (Å²) in [6.45, 7) is 5.15. The van der Waals surface area contributed by atoms with E-state index < -0.39 is 39.6 Å². The van der Waals surface area contributed by atoms with Gasteiger partial charge >= 0.3 is 22.0 Å². The molecule has 0 saturated carbocycles. The SMILES string of the molecule is CN(C)S(=O)(=O)Nc1ccc(C[C@H](NC(=O)C(=O)Nc2cc(Cl)ccc2-n2cnnn2)C(=O)NOC(C)(C)C)cc1. The van der Waals surface area contributed by atoms with Crippen LogP contribution in [-0.2, 0) is 35.9 Å². The van der Waals surface area contributed by atoms with Crippen molar-refractivity contribution in [3.05, 3.63) is 59.4 Å². The third-order valence-electron chi connectivity index (χ3n) is 5.21. The van der Waals surface area contributed by atoms with Crippen molar-refractivity contribution >= 4 is 50.9 Å². The Morgan fingerprint density at radius 3 is 2.34 bits per heavy atom. The Morgan fingerprint density at radius 2 is 1.76 bits per heavy atom. The van der Waals surface area contributed by atoms with Crippen LogP contribution in [0.5, 0.6) is 0 Å². The number of carbonyl (C=O) groups is 3. The standard InChI is InChI=1S/C24H30ClN9O6S/c1-24(2,3)40-29-21(35)19(12-15-6-9-17(10-7-15)30-41(38,39)33(4)5)28-23(37)22(36)27-18-13-16(25)8-11-20(18)34-14-26-31-32-34/h6-11,13-14,19,30H,12H2,1-5H3,(H,27,36)(H,28,37)(H,29,35)/t19-/m0/s1. The van der Waals surface area contributed by atoms with Crippen LogP contribution < -0.4 is 20.8 Å². The molecule has 0 aliphatic carbocycles. The van der Waals surface area contributed by atoms with Crippen LogP contribution in [-0.4, -0.2) is 76.4 Å². The summed E-state index contributed by atoms with van der Waals surface area (Å²) in [5.41, 5.74) is 2.92. The zero-order valence-electron chi connectivity index (χ0n) is 22.9. The Balaban J connectivity index is 1.77. The Bertz CT molecular complexity index is 1490. The first-order valence-corrected chi connectivity index (χ1v) is 13.9. The Kier molecular flexibility index (Phi) is 9.98. The average molecular weight is 608 g/mol. The lowest BCUT2D eigenvalue weighted by Crippen LogP contribution is -2.51. The molecule has 0 unspecified atom stereocenters. The van der Waals surface area contributed by atoms with Crippen LogP contribution in [0.15, 0.2) is 48.8 Å². The molecule has 3 amide bonds. The summed E-state index contributed by atoms with van der Waals surface area (Å²) in [6.07, 6.45) is 1.25. The van der Waals surface area contributed by atoms with Gasteiger partial charge in [0.1, 0.15) is 12.4 Å². The molecule has 3 aromatic rings. The number of tetrazole rings is 1. The predicted molar refractivity (Wildman–Crippen MR) is 150 cm³/mol. The summed E-state index contributed by atoms with van der Waals surface area (Å²) >= 11 is 6.07. The minimum absolute atomic E-state index is 0.0495. The predicted octanol–water partition coefficient (Wildman–Crippen LogP) is 1.05. The molecule has 17 heteroatoms. The molecular weight excluding hydrogens is 578 g/mol. The lowest BCUT2D eigenvalue weighted by Gasteiger charge is -2.23. The van der Waals surface area contributed by atoms with Crippen LogP contribution in [0.1, 0.15) is 26.3 Å². The highest BCUT2D eigenvalue weighted by Crippen LogP contribution is 2.24. The van der Waals surface area contributed by atoms with Gasteiger partial charge in [-0.3, -0.25) is 23.9 Å². The lowest BCUT2D eigenvalue weighted by molar-refractivity contribution is -0.149. The second-order valence-corrected chi connectivity index (χ2v) is 12.2. The number of rotatable bonds is 10. The van der Waals surface area contributed by atoms with Gasteiger partial charge in [-0.05, 0) is 67.1 Å². The fourth-order valence-corrected chi connectivity index (χ4v) is 3.94. The largest absolute Gasteiger partial charge is 0.336 e. The summed E-state index contributed by atoms with van der Waals surface area (Å²) in [5.74, 6) is -2.90. The molecule has 41 heavy (non-hydrogen) atoms. The van der Waals surface area contributed by atoms with Crippen molar-refractivity contribution in [3.8, 4) is 5.69 Å². The van der Waals surface area contributed by atoms with Crippen molar-refractivity contribution in [1.82, 2.24) is 35.3 Å². The van der Waals surface area contributed by atoms with Crippen LogP contribution in [0.4, 0.5) is 11.4 Å². The first kappa shape index (κ1) is 31.4. The summed E-state index contributed by atoms with van der Waals surface area (Å²) in [4.78, 5) is 44.1. The summed E-state index contributed by atoms with van der Waals surface area (Å²) in [5, 5.41) is 16.0. The number of nitrogens with zero attached hydrogens (tertiary/aromatic N) is 5. The molecule has 0 aliphatic heterocycles. The Labute approximate surface area is 241 Å². The number of hydrogen-bond acceptors (Lipinski definition) is 9. The molecule has 220 valence electrons. The molecule has 2 aromatic carbocycles. The number of benzene rings is 2. The number of halogens is 1. The molecule has 0 fully saturated rings. The van der Waals surface area contributed by atoms with Gasteiger partial charge in [-0.1, -0.05) is 23.7 Å². The zero-order valence-corrected chi connectivity index (χ0v) is 24.4. The van der Waals surface area contributed by atoms with Crippen molar-refractivity contribution in [2.45, 2.75) is 38.8 Å². The average Bonchev–Trinajstić information content (AvgIpc) is 3.42. The van der Waals surface area contributed by atoms with Crippen LogP contribution in [0.2, 0.25) is 5.02 Å². The normalized spacial score (nSPS) is 12.5. The van der Waals surface area contributed by atoms with Gasteiger partial charge in [-0.25, -0.2) is 5.48 Å². The van der Waals surface area contributed by atoms with Crippen LogP contribution in [0.3, 0.4) is 0 Å². The molecule has 0 spiro atoms.